The van der Waals surface area contributed by atoms with Crippen molar-refractivity contribution in [2.24, 2.45) is 10.2 Å². The Morgan fingerprint density at radius 1 is 1.14 bits per heavy atom. The van der Waals surface area contributed by atoms with Gasteiger partial charge in [-0.15, -0.1) is 5.11 Å². The molecule has 2 N–H and O–H groups in total. The predicted molar refractivity (Wildman–Crippen MR) is 86.4 cm³/mol. The molecule has 0 aliphatic heterocycles. The lowest BCUT2D eigenvalue weighted by Gasteiger charge is -2.03. The lowest BCUT2D eigenvalue weighted by molar-refractivity contribution is 0.101. The number of hydrogen-bond acceptors (Lipinski definition) is 5. The first-order chi connectivity index (χ1) is 10.6. The fraction of sp³-hybridized carbons (Fsp3) is 0.235. The Hall–Kier alpha value is -2.53. The fourth-order valence-corrected chi connectivity index (χ4v) is 1.95. The molecule has 0 aliphatic rings. The van der Waals surface area contributed by atoms with Crippen molar-refractivity contribution in [3.63, 3.8) is 0 Å². The van der Waals surface area contributed by atoms with Crippen LogP contribution < -0.4 is 5.32 Å². The van der Waals surface area contributed by atoms with Crippen molar-refractivity contribution >= 4 is 17.2 Å². The summed E-state index contributed by atoms with van der Waals surface area (Å²) in [5, 5.41) is 21.1. The summed E-state index contributed by atoms with van der Waals surface area (Å²) >= 11 is 0. The van der Waals surface area contributed by atoms with Crippen molar-refractivity contribution in [1.29, 1.82) is 0 Å². The van der Waals surface area contributed by atoms with E-state index in [4.69, 9.17) is 0 Å². The lowest BCUT2D eigenvalue weighted by atomic mass is 10.1. The molecule has 0 saturated carbocycles. The van der Waals surface area contributed by atoms with Crippen LogP contribution in [0.3, 0.4) is 0 Å². The van der Waals surface area contributed by atoms with E-state index in [0.29, 0.717) is 16.9 Å². The molecule has 2 aromatic rings. The first-order valence-corrected chi connectivity index (χ1v) is 7.09. The SMILES string of the molecule is CNCCc1ccc(O)c(/N=N/c2ccc(C(C)=O)cc2)c1. The third-order valence-corrected chi connectivity index (χ3v) is 3.25. The number of phenolic OH excluding ortho intramolecular Hbond substituents is 1. The number of likely N-dealkylation sites (N-methyl/N-ethyl adjacent to an activating group) is 1. The van der Waals surface area contributed by atoms with E-state index >= 15 is 0 Å². The predicted octanol–water partition coefficient (Wildman–Crippen LogP) is 3.77. The molecule has 0 heterocycles. The molecule has 0 fully saturated rings. The van der Waals surface area contributed by atoms with Crippen LogP contribution in [0.2, 0.25) is 0 Å². The Labute approximate surface area is 129 Å². The maximum Gasteiger partial charge on any atom is 0.159 e. The molecule has 0 spiro atoms. The Morgan fingerprint density at radius 3 is 2.50 bits per heavy atom. The number of aromatic hydroxyl groups is 1. The molecular weight excluding hydrogens is 278 g/mol. The minimum Gasteiger partial charge on any atom is -0.506 e. The van der Waals surface area contributed by atoms with Crippen molar-refractivity contribution in [3.05, 3.63) is 53.6 Å². The highest BCUT2D eigenvalue weighted by atomic mass is 16.3. The molecule has 114 valence electrons. The van der Waals surface area contributed by atoms with Crippen molar-refractivity contribution in [1.82, 2.24) is 5.32 Å². The molecule has 0 saturated heterocycles. The van der Waals surface area contributed by atoms with Crippen molar-refractivity contribution in [3.8, 4) is 5.75 Å². The molecule has 0 radical (unpaired) electrons. The van der Waals surface area contributed by atoms with Gasteiger partial charge in [-0.1, -0.05) is 6.07 Å². The summed E-state index contributed by atoms with van der Waals surface area (Å²) in [6.07, 6.45) is 0.854. The maximum atomic E-state index is 11.2. The second kappa shape index (κ2) is 7.47. The van der Waals surface area contributed by atoms with Crippen molar-refractivity contribution < 1.29 is 9.90 Å². The normalized spacial score (nSPS) is 11.0. The lowest BCUT2D eigenvalue weighted by Crippen LogP contribution is -2.10. The van der Waals surface area contributed by atoms with Gasteiger partial charge in [0, 0.05) is 5.56 Å². The van der Waals surface area contributed by atoms with Gasteiger partial charge in [0.15, 0.2) is 5.78 Å². The van der Waals surface area contributed by atoms with Gasteiger partial charge in [-0.3, -0.25) is 4.79 Å². The molecule has 0 atom stereocenters. The molecule has 0 bridgehead atoms. The quantitative estimate of drug-likeness (QED) is 0.629. The van der Waals surface area contributed by atoms with E-state index in [1.54, 1.807) is 30.3 Å². The van der Waals surface area contributed by atoms with E-state index in [9.17, 15) is 9.90 Å². The molecule has 0 aliphatic carbocycles. The second-order valence-electron chi connectivity index (χ2n) is 4.98. The number of azo groups is 1. The van der Waals surface area contributed by atoms with Gasteiger partial charge in [0.05, 0.1) is 5.69 Å². The van der Waals surface area contributed by atoms with E-state index < -0.39 is 0 Å². The van der Waals surface area contributed by atoms with Crippen LogP contribution in [-0.4, -0.2) is 24.5 Å². The van der Waals surface area contributed by atoms with E-state index in [0.717, 1.165) is 18.5 Å². The van der Waals surface area contributed by atoms with Gasteiger partial charge in [0.2, 0.25) is 0 Å². The zero-order valence-electron chi connectivity index (χ0n) is 12.7. The first kappa shape index (κ1) is 15.9. The zero-order chi connectivity index (χ0) is 15.9. The summed E-state index contributed by atoms with van der Waals surface area (Å²) in [4.78, 5) is 11.2. The van der Waals surface area contributed by atoms with Gasteiger partial charge in [-0.25, -0.2) is 0 Å². The Bertz CT molecular complexity index is 679. The molecule has 0 unspecified atom stereocenters. The van der Waals surface area contributed by atoms with E-state index in [-0.39, 0.29) is 11.5 Å². The Balaban J connectivity index is 2.16. The highest BCUT2D eigenvalue weighted by Gasteiger charge is 2.03. The highest BCUT2D eigenvalue weighted by Crippen LogP contribution is 2.29. The summed E-state index contributed by atoms with van der Waals surface area (Å²) in [6.45, 7) is 2.37. The summed E-state index contributed by atoms with van der Waals surface area (Å²) in [5.41, 5.74) is 2.78. The number of Topliss-reactive ketones (excluding diaryl/α,β-unsaturated/α-hetero) is 1. The molecule has 5 heteroatoms. The van der Waals surface area contributed by atoms with Crippen molar-refractivity contribution in [2.75, 3.05) is 13.6 Å². The summed E-state index contributed by atoms with van der Waals surface area (Å²) in [5.74, 6) is 0.107. The largest absolute Gasteiger partial charge is 0.506 e. The molecular formula is C17H19N3O2. The van der Waals surface area contributed by atoms with Crippen LogP contribution in [0.1, 0.15) is 22.8 Å². The first-order valence-electron chi connectivity index (χ1n) is 7.09. The van der Waals surface area contributed by atoms with E-state index in [1.807, 2.05) is 19.2 Å². The van der Waals surface area contributed by atoms with Gasteiger partial charge < -0.3 is 10.4 Å². The number of hydrogen-bond donors (Lipinski definition) is 2. The number of carbonyl (C=O) groups is 1. The molecule has 22 heavy (non-hydrogen) atoms. The number of rotatable bonds is 6. The standard InChI is InChI=1S/C17H19N3O2/c1-12(21)14-4-6-15(7-5-14)19-20-16-11-13(9-10-18-2)3-8-17(16)22/h3-8,11,18,22H,9-10H2,1-2H3/b20-19+. The van der Waals surface area contributed by atoms with Gasteiger partial charge in [-0.05, 0) is 68.9 Å². The fourth-order valence-electron chi connectivity index (χ4n) is 1.95. The molecule has 5 nitrogen and oxygen atoms in total. The monoisotopic (exact) mass is 297 g/mol. The minimum atomic E-state index is 0.0124. The van der Waals surface area contributed by atoms with Crippen LogP contribution >= 0.6 is 0 Å². The topological polar surface area (TPSA) is 74.0 Å². The average molecular weight is 297 g/mol. The number of nitrogens with zero attached hydrogens (tertiary/aromatic N) is 2. The molecule has 0 amide bonds. The molecule has 2 rings (SSSR count). The average Bonchev–Trinajstić information content (AvgIpc) is 2.53. The van der Waals surface area contributed by atoms with Crippen LogP contribution in [0.25, 0.3) is 0 Å². The second-order valence-corrected chi connectivity index (χ2v) is 4.98. The van der Waals surface area contributed by atoms with Crippen LogP contribution in [0, 0.1) is 0 Å². The van der Waals surface area contributed by atoms with Crippen LogP contribution in [0.15, 0.2) is 52.7 Å². The highest BCUT2D eigenvalue weighted by molar-refractivity contribution is 5.94. The zero-order valence-corrected chi connectivity index (χ0v) is 12.7. The van der Waals surface area contributed by atoms with Gasteiger partial charge >= 0.3 is 0 Å². The van der Waals surface area contributed by atoms with Crippen LogP contribution in [-0.2, 0) is 6.42 Å². The van der Waals surface area contributed by atoms with Crippen LogP contribution in [0.5, 0.6) is 5.75 Å². The third-order valence-electron chi connectivity index (χ3n) is 3.25. The van der Waals surface area contributed by atoms with E-state index in [1.165, 1.54) is 6.92 Å². The molecule has 0 aromatic heterocycles. The summed E-state index contributed by atoms with van der Waals surface area (Å²) in [6, 6.07) is 12.2. The Morgan fingerprint density at radius 2 is 1.86 bits per heavy atom. The Kier molecular flexibility index (Phi) is 5.38. The van der Waals surface area contributed by atoms with Crippen molar-refractivity contribution in [2.45, 2.75) is 13.3 Å². The number of ketones is 1. The van der Waals surface area contributed by atoms with Gasteiger partial charge in [0.25, 0.3) is 0 Å². The summed E-state index contributed by atoms with van der Waals surface area (Å²) in [7, 11) is 1.89. The van der Waals surface area contributed by atoms with Gasteiger partial charge in [-0.2, -0.15) is 5.11 Å². The number of phenols is 1. The number of benzene rings is 2. The maximum absolute atomic E-state index is 11.2. The summed E-state index contributed by atoms with van der Waals surface area (Å²) < 4.78 is 0. The molecule has 2 aromatic carbocycles. The third kappa shape index (κ3) is 4.23. The van der Waals surface area contributed by atoms with E-state index in [2.05, 4.69) is 15.5 Å². The smallest absolute Gasteiger partial charge is 0.159 e. The van der Waals surface area contributed by atoms with Crippen LogP contribution in [0.4, 0.5) is 11.4 Å². The van der Waals surface area contributed by atoms with Gasteiger partial charge in [0.1, 0.15) is 11.4 Å². The minimum absolute atomic E-state index is 0.0124. The number of nitrogens with one attached hydrogen (secondary N) is 1. The number of carbonyl (C=O) groups excluding carboxylic acids is 1.